The molecule has 0 atom stereocenters. The number of carbonyl (C=O) groups excluding carboxylic acids is 2. The molecule has 0 aromatic heterocycles. The minimum absolute atomic E-state index is 0.156. The zero-order valence-corrected chi connectivity index (χ0v) is 14.5. The zero-order valence-electron chi connectivity index (χ0n) is 14.5. The van der Waals surface area contributed by atoms with Crippen LogP contribution in [0.4, 0.5) is 21.0 Å². The van der Waals surface area contributed by atoms with Crippen molar-refractivity contribution in [1.82, 2.24) is 0 Å². The van der Waals surface area contributed by atoms with E-state index in [-0.39, 0.29) is 11.5 Å². The Labute approximate surface area is 160 Å². The number of para-hydroxylation sites is 2. The number of anilines is 2. The molecule has 0 aliphatic heterocycles. The van der Waals surface area contributed by atoms with Crippen LogP contribution in [0.5, 0.6) is 23.0 Å². The summed E-state index contributed by atoms with van der Waals surface area (Å²) in [6, 6.07) is 18.2. The lowest BCUT2D eigenvalue weighted by atomic mass is 10.2. The smallest absolute Gasteiger partial charge is 0.429 e. The van der Waals surface area contributed by atoms with Gasteiger partial charge in [-0.2, -0.15) is 4.90 Å². The Morgan fingerprint density at radius 2 is 1.14 bits per heavy atom. The van der Waals surface area contributed by atoms with Gasteiger partial charge in [0, 0.05) is 0 Å². The van der Waals surface area contributed by atoms with Gasteiger partial charge in [-0.3, -0.25) is 0 Å². The summed E-state index contributed by atoms with van der Waals surface area (Å²) in [4.78, 5) is 25.8. The number of hydrogen-bond acceptors (Lipinski definition) is 7. The van der Waals surface area contributed by atoms with Crippen LogP contribution in [-0.4, -0.2) is 22.4 Å². The second kappa shape index (κ2) is 8.00. The fraction of sp³-hybridized carbons (Fsp3) is 0. The van der Waals surface area contributed by atoms with Crippen molar-refractivity contribution >= 4 is 23.6 Å². The van der Waals surface area contributed by atoms with Crippen LogP contribution in [0.1, 0.15) is 0 Å². The maximum absolute atomic E-state index is 12.7. The normalized spacial score (nSPS) is 10.1. The summed E-state index contributed by atoms with van der Waals surface area (Å²) >= 11 is 0. The highest BCUT2D eigenvalue weighted by molar-refractivity contribution is 6.14. The highest BCUT2D eigenvalue weighted by Gasteiger charge is 2.33. The largest absolute Gasteiger partial charge is 0.506 e. The number of rotatable bonds is 3. The van der Waals surface area contributed by atoms with Crippen LogP contribution >= 0.6 is 0 Å². The lowest BCUT2D eigenvalue weighted by molar-refractivity contribution is 0.190. The Hall–Kier alpha value is -4.20. The van der Waals surface area contributed by atoms with Crippen LogP contribution in [0.2, 0.25) is 0 Å². The van der Waals surface area contributed by atoms with Crippen molar-refractivity contribution in [2.24, 2.45) is 0 Å². The van der Waals surface area contributed by atoms with Gasteiger partial charge in [-0.15, -0.1) is 0 Å². The summed E-state index contributed by atoms with van der Waals surface area (Å²) in [6.45, 7) is 0. The van der Waals surface area contributed by atoms with E-state index < -0.39 is 35.1 Å². The summed E-state index contributed by atoms with van der Waals surface area (Å²) in [6.07, 6.45) is -2.36. The molecule has 3 aromatic carbocycles. The topological polar surface area (TPSA) is 122 Å². The van der Waals surface area contributed by atoms with Gasteiger partial charge in [0.1, 0.15) is 34.4 Å². The van der Waals surface area contributed by atoms with Gasteiger partial charge in [0.25, 0.3) is 0 Å². The molecule has 28 heavy (non-hydrogen) atoms. The summed E-state index contributed by atoms with van der Waals surface area (Å²) in [7, 11) is 0. The monoisotopic (exact) mass is 380 g/mol. The maximum atomic E-state index is 12.7. The third-order valence-electron chi connectivity index (χ3n) is 3.66. The summed E-state index contributed by atoms with van der Waals surface area (Å²) < 4.78 is 10.4. The van der Waals surface area contributed by atoms with E-state index in [4.69, 9.17) is 15.2 Å². The minimum atomic E-state index is -1.18. The molecule has 3 rings (SSSR count). The van der Waals surface area contributed by atoms with Crippen molar-refractivity contribution in [2.45, 2.75) is 0 Å². The van der Waals surface area contributed by atoms with Gasteiger partial charge in [-0.25, -0.2) is 9.59 Å². The third kappa shape index (κ3) is 3.96. The van der Waals surface area contributed by atoms with E-state index in [1.165, 1.54) is 24.3 Å². The van der Waals surface area contributed by atoms with Gasteiger partial charge in [0.2, 0.25) is 0 Å². The molecule has 142 valence electrons. The molecule has 2 amide bonds. The van der Waals surface area contributed by atoms with Crippen LogP contribution in [-0.2, 0) is 0 Å². The van der Waals surface area contributed by atoms with Crippen molar-refractivity contribution in [3.05, 3.63) is 72.8 Å². The molecule has 3 aromatic rings. The summed E-state index contributed by atoms with van der Waals surface area (Å²) in [5.41, 5.74) is 4.93. The first-order valence-electron chi connectivity index (χ1n) is 8.11. The Bertz CT molecular complexity index is 939. The molecule has 0 fully saturated rings. The van der Waals surface area contributed by atoms with E-state index in [9.17, 15) is 19.8 Å². The molecule has 4 N–H and O–H groups in total. The van der Waals surface area contributed by atoms with Gasteiger partial charge in [-0.05, 0) is 36.4 Å². The Balaban J connectivity index is 2.00. The number of imide groups is 1. The molecule has 0 aliphatic carbocycles. The first kappa shape index (κ1) is 18.6. The molecule has 8 nitrogen and oxygen atoms in total. The number of amides is 2. The Kier molecular flexibility index (Phi) is 5.31. The number of ether oxygens (including phenoxy) is 2. The van der Waals surface area contributed by atoms with Gasteiger partial charge >= 0.3 is 12.2 Å². The van der Waals surface area contributed by atoms with E-state index in [1.807, 2.05) is 0 Å². The zero-order chi connectivity index (χ0) is 20.1. The minimum Gasteiger partial charge on any atom is -0.506 e. The third-order valence-corrected chi connectivity index (χ3v) is 3.66. The van der Waals surface area contributed by atoms with E-state index in [2.05, 4.69) is 0 Å². The Morgan fingerprint density at radius 3 is 1.61 bits per heavy atom. The van der Waals surface area contributed by atoms with Crippen LogP contribution in [0.25, 0.3) is 0 Å². The van der Waals surface area contributed by atoms with Gasteiger partial charge in [0.15, 0.2) is 0 Å². The predicted molar refractivity (Wildman–Crippen MR) is 102 cm³/mol. The van der Waals surface area contributed by atoms with Gasteiger partial charge in [-0.1, -0.05) is 36.4 Å². The van der Waals surface area contributed by atoms with Crippen LogP contribution in [0.3, 0.4) is 0 Å². The maximum Gasteiger partial charge on any atom is 0.429 e. The number of aromatic hydroxyl groups is 2. The summed E-state index contributed by atoms with van der Waals surface area (Å²) in [5, 5.41) is 20.0. The lowest BCUT2D eigenvalue weighted by Gasteiger charge is -2.22. The van der Waals surface area contributed by atoms with Crippen LogP contribution < -0.4 is 20.1 Å². The van der Waals surface area contributed by atoms with E-state index in [0.717, 1.165) is 12.1 Å². The molecule has 0 spiro atoms. The van der Waals surface area contributed by atoms with Crippen molar-refractivity contribution < 1.29 is 29.3 Å². The molecule has 0 bridgehead atoms. The van der Waals surface area contributed by atoms with Gasteiger partial charge < -0.3 is 25.4 Å². The molecule has 0 heterocycles. The van der Waals surface area contributed by atoms with E-state index in [0.29, 0.717) is 4.90 Å². The molecule has 0 aliphatic rings. The molecular formula is C20H16N2O6. The number of nitrogens with two attached hydrogens (primary N) is 1. The SMILES string of the molecule is Nc1c(O)ccc(O)c1N(C(=O)Oc1ccccc1)C(=O)Oc1ccccc1. The fourth-order valence-electron chi connectivity index (χ4n) is 2.35. The standard InChI is InChI=1S/C20H16N2O6/c21-17-15(23)11-12-16(24)18(17)22(19(25)27-13-7-3-1-4-8-13)20(26)28-14-9-5-2-6-10-14/h1-12,23-24H,21H2. The highest BCUT2D eigenvalue weighted by atomic mass is 16.6. The van der Waals surface area contributed by atoms with E-state index >= 15 is 0 Å². The fourth-order valence-corrected chi connectivity index (χ4v) is 2.35. The predicted octanol–water partition coefficient (Wildman–Crippen LogP) is 3.88. The number of nitrogen functional groups attached to an aromatic ring is 1. The quantitative estimate of drug-likeness (QED) is 0.358. The van der Waals surface area contributed by atoms with Crippen molar-refractivity contribution in [1.29, 1.82) is 0 Å². The second-order valence-electron chi connectivity index (χ2n) is 5.56. The number of nitrogens with zero attached hydrogens (tertiary/aromatic N) is 1. The average Bonchev–Trinajstić information content (AvgIpc) is 2.69. The molecule has 0 saturated heterocycles. The molecule has 8 heteroatoms. The average molecular weight is 380 g/mol. The van der Waals surface area contributed by atoms with Crippen molar-refractivity contribution in [3.63, 3.8) is 0 Å². The summed E-state index contributed by atoms with van der Waals surface area (Å²) in [5.74, 6) is -0.644. The second-order valence-corrected chi connectivity index (χ2v) is 5.56. The number of phenolic OH excluding ortho intramolecular Hbond substituents is 2. The number of carbonyl (C=O) groups is 2. The lowest BCUT2D eigenvalue weighted by Crippen LogP contribution is -2.41. The number of phenols is 2. The Morgan fingerprint density at radius 1 is 0.714 bits per heavy atom. The molecular weight excluding hydrogens is 364 g/mol. The van der Waals surface area contributed by atoms with Gasteiger partial charge in [0.05, 0.1) is 0 Å². The van der Waals surface area contributed by atoms with Crippen LogP contribution in [0, 0.1) is 0 Å². The molecule has 0 unspecified atom stereocenters. The van der Waals surface area contributed by atoms with Crippen LogP contribution in [0.15, 0.2) is 72.8 Å². The molecule has 0 saturated carbocycles. The first-order valence-corrected chi connectivity index (χ1v) is 8.11. The number of benzene rings is 3. The molecule has 0 radical (unpaired) electrons. The first-order chi connectivity index (χ1) is 13.5. The highest BCUT2D eigenvalue weighted by Crippen LogP contribution is 2.40. The van der Waals surface area contributed by atoms with E-state index in [1.54, 1.807) is 36.4 Å². The van der Waals surface area contributed by atoms with Crippen molar-refractivity contribution in [3.8, 4) is 23.0 Å². The number of hydrogen-bond donors (Lipinski definition) is 3. The van der Waals surface area contributed by atoms with Crippen molar-refractivity contribution in [2.75, 3.05) is 10.6 Å².